The second-order valence-electron chi connectivity index (χ2n) is 3.74. The van der Waals surface area contributed by atoms with Crippen LogP contribution in [0.2, 0.25) is 0 Å². The molecule has 8 heteroatoms. The molecule has 0 saturated carbocycles. The van der Waals surface area contributed by atoms with Crippen molar-refractivity contribution in [2.45, 2.75) is 0 Å². The average Bonchev–Trinajstić information content (AvgIpc) is 2.53. The van der Waals surface area contributed by atoms with Crippen molar-refractivity contribution in [3.8, 4) is 0 Å². The molecule has 0 atom stereocenters. The summed E-state index contributed by atoms with van der Waals surface area (Å²) in [6, 6.07) is 8.55. The zero-order chi connectivity index (χ0) is 15.2. The summed E-state index contributed by atoms with van der Waals surface area (Å²) in [5.74, 6) is -0.544. The highest BCUT2D eigenvalue weighted by Gasteiger charge is 2.06. The van der Waals surface area contributed by atoms with Crippen LogP contribution in [0.1, 0.15) is 10.4 Å². The first kappa shape index (κ1) is 16.9. The second-order valence-corrected chi connectivity index (χ2v) is 3.74. The van der Waals surface area contributed by atoms with E-state index in [1.54, 1.807) is 30.3 Å². The average molecular weight is 295 g/mol. The smallest absolute Gasteiger partial charge is 0.373 e. The molecule has 0 aromatic heterocycles. The predicted octanol–water partition coefficient (Wildman–Crippen LogP) is 2.12. The molecule has 0 radical (unpaired) electrons. The molecule has 0 bridgehead atoms. The summed E-state index contributed by atoms with van der Waals surface area (Å²) >= 11 is 0. The number of rotatable bonds is 11. The van der Waals surface area contributed by atoms with E-state index in [0.29, 0.717) is 31.9 Å². The first-order chi connectivity index (χ1) is 10.3. The third-order valence-electron chi connectivity index (χ3n) is 2.23. The molecule has 0 spiro atoms. The zero-order valence-corrected chi connectivity index (χ0v) is 11.5. The first-order valence-corrected chi connectivity index (χ1v) is 6.40. The van der Waals surface area contributed by atoms with E-state index >= 15 is 0 Å². The molecule has 0 aliphatic rings. The molecule has 0 fully saturated rings. The van der Waals surface area contributed by atoms with E-state index in [1.165, 1.54) is 0 Å². The summed E-state index contributed by atoms with van der Waals surface area (Å²) in [6.07, 6.45) is 0. The number of benzene rings is 1. The molecular weight excluding hydrogens is 278 g/mol. The molecule has 0 aliphatic carbocycles. The fourth-order valence-electron chi connectivity index (χ4n) is 1.28. The van der Waals surface area contributed by atoms with Gasteiger partial charge >= 0.3 is 5.97 Å². The fourth-order valence-corrected chi connectivity index (χ4v) is 1.28. The van der Waals surface area contributed by atoms with E-state index < -0.39 is 5.97 Å². The molecule has 21 heavy (non-hydrogen) atoms. The van der Waals surface area contributed by atoms with E-state index in [9.17, 15) is 4.79 Å². The van der Waals surface area contributed by atoms with Crippen molar-refractivity contribution < 1.29 is 24.0 Å². The van der Waals surface area contributed by atoms with Gasteiger partial charge in [0.05, 0.1) is 32.0 Å². The predicted molar refractivity (Wildman–Crippen MR) is 73.5 cm³/mol. The molecule has 114 valence electrons. The Morgan fingerprint density at radius 2 is 1.71 bits per heavy atom. The summed E-state index contributed by atoms with van der Waals surface area (Å²) in [5.41, 5.74) is 8.45. The van der Waals surface area contributed by atoms with Crippen molar-refractivity contribution in [2.75, 3.05) is 39.6 Å². The topological polar surface area (TPSA) is 103 Å². The first-order valence-electron chi connectivity index (χ1n) is 6.40. The molecule has 1 aromatic rings. The van der Waals surface area contributed by atoms with E-state index in [-0.39, 0.29) is 13.2 Å². The maximum atomic E-state index is 11.5. The Morgan fingerprint density at radius 3 is 2.43 bits per heavy atom. The van der Waals surface area contributed by atoms with Crippen molar-refractivity contribution in [3.63, 3.8) is 0 Å². The van der Waals surface area contributed by atoms with Gasteiger partial charge in [0.2, 0.25) is 0 Å². The van der Waals surface area contributed by atoms with Crippen molar-refractivity contribution in [2.24, 2.45) is 5.11 Å². The lowest BCUT2D eigenvalue weighted by atomic mass is 10.2. The van der Waals surface area contributed by atoms with Crippen LogP contribution < -0.4 is 0 Å². The third-order valence-corrected chi connectivity index (χ3v) is 2.23. The normalized spacial score (nSPS) is 9.90. The van der Waals surface area contributed by atoms with Gasteiger partial charge in [0, 0.05) is 11.5 Å². The van der Waals surface area contributed by atoms with Gasteiger partial charge in [0.1, 0.15) is 6.61 Å². The van der Waals surface area contributed by atoms with Gasteiger partial charge in [-0.15, -0.1) is 0 Å². The monoisotopic (exact) mass is 295 g/mol. The number of carbonyl (C=O) groups is 1. The highest BCUT2D eigenvalue weighted by molar-refractivity contribution is 5.88. The summed E-state index contributed by atoms with van der Waals surface area (Å²) in [7, 11) is 0. The maximum Gasteiger partial charge on any atom is 0.373 e. The Bertz CT molecular complexity index is 448. The highest BCUT2D eigenvalue weighted by atomic mass is 17.2. The molecule has 0 aliphatic heterocycles. The molecular formula is C13H17N3O5. The van der Waals surface area contributed by atoms with E-state index in [0.717, 1.165) is 0 Å². The van der Waals surface area contributed by atoms with Crippen molar-refractivity contribution in [1.82, 2.24) is 0 Å². The van der Waals surface area contributed by atoms with Crippen LogP contribution in [-0.2, 0) is 19.2 Å². The van der Waals surface area contributed by atoms with Crippen LogP contribution >= 0.6 is 0 Å². The van der Waals surface area contributed by atoms with Crippen molar-refractivity contribution in [1.29, 1.82) is 0 Å². The number of ether oxygens (including phenoxy) is 2. The third kappa shape index (κ3) is 8.61. The van der Waals surface area contributed by atoms with Crippen LogP contribution in [-0.4, -0.2) is 45.5 Å². The van der Waals surface area contributed by atoms with Gasteiger partial charge in [-0.05, 0) is 17.7 Å². The Kier molecular flexibility index (Phi) is 9.42. The lowest BCUT2D eigenvalue weighted by Crippen LogP contribution is -2.12. The summed E-state index contributed by atoms with van der Waals surface area (Å²) in [6.45, 7) is 1.85. The van der Waals surface area contributed by atoms with Crippen LogP contribution in [0, 0.1) is 0 Å². The van der Waals surface area contributed by atoms with E-state index in [1.807, 2.05) is 0 Å². The minimum atomic E-state index is -0.544. The van der Waals surface area contributed by atoms with Crippen LogP contribution in [0.5, 0.6) is 0 Å². The Balaban J connectivity index is 1.91. The SMILES string of the molecule is [N-]=[N+]=NCCOCCOCCOOC(=O)c1ccccc1. The molecule has 1 rings (SSSR count). The maximum absolute atomic E-state index is 11.5. The van der Waals surface area contributed by atoms with Gasteiger partial charge in [-0.2, -0.15) is 4.89 Å². The minimum Gasteiger partial charge on any atom is -0.379 e. The molecule has 1 aromatic carbocycles. The van der Waals surface area contributed by atoms with Crippen molar-refractivity contribution in [3.05, 3.63) is 46.3 Å². The van der Waals surface area contributed by atoms with Gasteiger partial charge in [-0.25, -0.2) is 4.79 Å². The largest absolute Gasteiger partial charge is 0.379 e. The van der Waals surface area contributed by atoms with Crippen LogP contribution in [0.15, 0.2) is 35.4 Å². The second kappa shape index (κ2) is 11.7. The summed E-state index contributed by atoms with van der Waals surface area (Å²) < 4.78 is 10.3. The Hall–Kier alpha value is -2.12. The highest BCUT2D eigenvalue weighted by Crippen LogP contribution is 2.01. The number of azide groups is 1. The molecule has 0 unspecified atom stereocenters. The molecule has 0 saturated heterocycles. The van der Waals surface area contributed by atoms with Crippen LogP contribution in [0.3, 0.4) is 0 Å². The number of hydrogen-bond donors (Lipinski definition) is 0. The molecule has 0 amide bonds. The zero-order valence-electron chi connectivity index (χ0n) is 11.5. The van der Waals surface area contributed by atoms with Gasteiger partial charge in [0.25, 0.3) is 0 Å². The summed E-state index contributed by atoms with van der Waals surface area (Å²) in [4.78, 5) is 23.4. The van der Waals surface area contributed by atoms with E-state index in [2.05, 4.69) is 14.9 Å². The van der Waals surface area contributed by atoms with Crippen LogP contribution in [0.4, 0.5) is 0 Å². The summed E-state index contributed by atoms with van der Waals surface area (Å²) in [5, 5.41) is 3.32. The molecule has 0 N–H and O–H groups in total. The lowest BCUT2D eigenvalue weighted by Gasteiger charge is -2.05. The molecule has 0 heterocycles. The van der Waals surface area contributed by atoms with E-state index in [4.69, 9.17) is 19.9 Å². The van der Waals surface area contributed by atoms with Gasteiger partial charge < -0.3 is 9.47 Å². The minimum absolute atomic E-state index is 0.136. The number of carbonyl (C=O) groups excluding carboxylic acids is 1. The van der Waals surface area contributed by atoms with Crippen LogP contribution in [0.25, 0.3) is 10.4 Å². The standard InChI is InChI=1S/C13H17N3O5/c14-16-15-6-7-18-8-9-19-10-11-20-21-13(17)12-4-2-1-3-5-12/h1-5H,6-11H2. The number of hydrogen-bond acceptors (Lipinski definition) is 6. The Morgan fingerprint density at radius 1 is 1.05 bits per heavy atom. The van der Waals surface area contributed by atoms with Gasteiger partial charge in [-0.1, -0.05) is 23.3 Å². The quantitative estimate of drug-likeness (QED) is 0.155. The number of nitrogens with zero attached hydrogens (tertiary/aromatic N) is 3. The molecule has 8 nitrogen and oxygen atoms in total. The lowest BCUT2D eigenvalue weighted by molar-refractivity contribution is -0.247. The van der Waals surface area contributed by atoms with Crippen molar-refractivity contribution >= 4 is 5.97 Å². The fraction of sp³-hybridized carbons (Fsp3) is 0.462. The van der Waals surface area contributed by atoms with Gasteiger partial charge in [-0.3, -0.25) is 4.89 Å². The Labute approximate surface area is 122 Å². The van der Waals surface area contributed by atoms with Gasteiger partial charge in [0.15, 0.2) is 0 Å².